The molecule has 0 bridgehead atoms. The summed E-state index contributed by atoms with van der Waals surface area (Å²) < 4.78 is 5.14. The van der Waals surface area contributed by atoms with Gasteiger partial charge < -0.3 is 4.74 Å². The molecule has 0 fully saturated rings. The number of hydrogen-bond acceptors (Lipinski definition) is 2. The highest BCUT2D eigenvalue weighted by atomic mass is 16.5. The number of benzene rings is 1. The first-order valence-electron chi connectivity index (χ1n) is 5.82. The van der Waals surface area contributed by atoms with Gasteiger partial charge in [-0.3, -0.25) is 4.79 Å². The lowest BCUT2D eigenvalue weighted by Crippen LogP contribution is -2.06. The average molecular weight is 228 g/mol. The zero-order valence-corrected chi connectivity index (χ0v) is 9.98. The van der Waals surface area contributed by atoms with Crippen molar-refractivity contribution in [2.75, 3.05) is 7.11 Å². The lowest BCUT2D eigenvalue weighted by atomic mass is 9.98. The largest absolute Gasteiger partial charge is 0.497 e. The number of carbonyl (C=O) groups excluding carboxylic acids is 1. The number of ketones is 1. The van der Waals surface area contributed by atoms with Crippen LogP contribution < -0.4 is 4.74 Å². The van der Waals surface area contributed by atoms with Gasteiger partial charge in [0.1, 0.15) is 5.75 Å². The van der Waals surface area contributed by atoms with Crippen molar-refractivity contribution in [3.05, 3.63) is 53.6 Å². The molecule has 2 heteroatoms. The molecule has 1 aliphatic rings. The highest BCUT2D eigenvalue weighted by molar-refractivity contribution is 5.99. The van der Waals surface area contributed by atoms with Gasteiger partial charge in [0, 0.05) is 12.0 Å². The Morgan fingerprint density at radius 2 is 2.24 bits per heavy atom. The summed E-state index contributed by atoms with van der Waals surface area (Å²) >= 11 is 0. The Bertz CT molecular complexity index is 470. The molecule has 1 aromatic carbocycles. The molecule has 0 saturated heterocycles. The van der Waals surface area contributed by atoms with E-state index in [4.69, 9.17) is 4.74 Å². The van der Waals surface area contributed by atoms with Crippen LogP contribution in [-0.2, 0) is 11.2 Å². The molecule has 0 aliphatic heterocycles. The summed E-state index contributed by atoms with van der Waals surface area (Å²) in [6, 6.07) is 7.65. The van der Waals surface area contributed by atoms with Crippen molar-refractivity contribution in [1.29, 1.82) is 0 Å². The van der Waals surface area contributed by atoms with Crippen LogP contribution in [0.2, 0.25) is 0 Å². The summed E-state index contributed by atoms with van der Waals surface area (Å²) in [6.45, 7) is 0. The van der Waals surface area contributed by atoms with E-state index in [9.17, 15) is 4.79 Å². The van der Waals surface area contributed by atoms with Gasteiger partial charge in [0.05, 0.1) is 7.11 Å². The summed E-state index contributed by atoms with van der Waals surface area (Å²) in [5.41, 5.74) is 1.83. The second-order valence-corrected chi connectivity index (χ2v) is 4.09. The van der Waals surface area contributed by atoms with Crippen molar-refractivity contribution >= 4 is 5.78 Å². The van der Waals surface area contributed by atoms with Crippen LogP contribution in [0.25, 0.3) is 0 Å². The SMILES string of the molecule is COc1cccc(CC(=O)C2=CCCC=C2)c1. The monoisotopic (exact) mass is 228 g/mol. The van der Waals surface area contributed by atoms with E-state index in [1.807, 2.05) is 36.4 Å². The molecule has 2 rings (SSSR count). The summed E-state index contributed by atoms with van der Waals surface area (Å²) in [4.78, 5) is 12.0. The summed E-state index contributed by atoms with van der Waals surface area (Å²) in [6.07, 6.45) is 8.44. The molecule has 17 heavy (non-hydrogen) atoms. The smallest absolute Gasteiger partial charge is 0.166 e. The van der Waals surface area contributed by atoms with Gasteiger partial charge in [-0.05, 0) is 30.5 Å². The number of rotatable bonds is 4. The summed E-state index contributed by atoms with van der Waals surface area (Å²) in [7, 11) is 1.63. The summed E-state index contributed by atoms with van der Waals surface area (Å²) in [5.74, 6) is 0.970. The van der Waals surface area contributed by atoms with Crippen LogP contribution in [-0.4, -0.2) is 12.9 Å². The van der Waals surface area contributed by atoms with E-state index in [2.05, 4.69) is 6.08 Å². The highest BCUT2D eigenvalue weighted by Crippen LogP contribution is 2.16. The fourth-order valence-corrected chi connectivity index (χ4v) is 1.89. The van der Waals surface area contributed by atoms with Crippen molar-refractivity contribution in [1.82, 2.24) is 0 Å². The quantitative estimate of drug-likeness (QED) is 0.791. The number of allylic oxidation sites excluding steroid dienone is 4. The average Bonchev–Trinajstić information content (AvgIpc) is 2.40. The Morgan fingerprint density at radius 3 is 2.94 bits per heavy atom. The Balaban J connectivity index is 2.07. The molecule has 1 aromatic rings. The van der Waals surface area contributed by atoms with Crippen molar-refractivity contribution in [2.45, 2.75) is 19.3 Å². The molecule has 2 nitrogen and oxygen atoms in total. The molecule has 0 saturated carbocycles. The van der Waals surface area contributed by atoms with Crippen molar-refractivity contribution in [2.24, 2.45) is 0 Å². The van der Waals surface area contributed by atoms with E-state index >= 15 is 0 Å². The third kappa shape index (κ3) is 3.06. The van der Waals surface area contributed by atoms with Gasteiger partial charge in [0.15, 0.2) is 5.78 Å². The van der Waals surface area contributed by atoms with Crippen molar-refractivity contribution < 1.29 is 9.53 Å². The Hall–Kier alpha value is -1.83. The minimum atomic E-state index is 0.175. The molecule has 88 valence electrons. The van der Waals surface area contributed by atoms with Gasteiger partial charge in [-0.1, -0.05) is 30.4 Å². The van der Waals surface area contributed by atoms with Crippen molar-refractivity contribution in [3.63, 3.8) is 0 Å². The van der Waals surface area contributed by atoms with E-state index in [-0.39, 0.29) is 5.78 Å². The first-order chi connectivity index (χ1) is 8.29. The third-order valence-corrected chi connectivity index (χ3v) is 2.82. The van der Waals surface area contributed by atoms with Crippen LogP contribution in [0.4, 0.5) is 0 Å². The lowest BCUT2D eigenvalue weighted by Gasteiger charge is -2.07. The standard InChI is InChI=1S/C15H16O2/c1-17-14-9-5-6-12(10-14)11-15(16)13-7-3-2-4-8-13/h3,5-10H,2,4,11H2,1H3. The van der Waals surface area contributed by atoms with E-state index in [0.29, 0.717) is 6.42 Å². The Kier molecular flexibility index (Phi) is 3.76. The van der Waals surface area contributed by atoms with E-state index in [1.54, 1.807) is 7.11 Å². The fourth-order valence-electron chi connectivity index (χ4n) is 1.89. The van der Waals surface area contributed by atoms with E-state index in [1.165, 1.54) is 0 Å². The third-order valence-electron chi connectivity index (χ3n) is 2.82. The molecule has 0 N–H and O–H groups in total. The van der Waals surface area contributed by atoms with E-state index in [0.717, 1.165) is 29.7 Å². The number of hydrogen-bond donors (Lipinski definition) is 0. The number of Topliss-reactive ketones (excluding diaryl/α,β-unsaturated/α-hetero) is 1. The Morgan fingerprint density at radius 1 is 1.35 bits per heavy atom. The fraction of sp³-hybridized carbons (Fsp3) is 0.267. The van der Waals surface area contributed by atoms with Crippen LogP contribution in [0.15, 0.2) is 48.1 Å². The molecular weight excluding hydrogens is 212 g/mol. The zero-order valence-electron chi connectivity index (χ0n) is 9.98. The van der Waals surface area contributed by atoms with Gasteiger partial charge in [0.2, 0.25) is 0 Å². The van der Waals surface area contributed by atoms with Crippen LogP contribution in [0.5, 0.6) is 5.75 Å². The van der Waals surface area contributed by atoms with Crippen molar-refractivity contribution in [3.8, 4) is 5.75 Å². The normalized spacial score (nSPS) is 14.3. The molecular formula is C15H16O2. The lowest BCUT2D eigenvalue weighted by molar-refractivity contribution is -0.114. The molecule has 0 amide bonds. The molecule has 0 unspecified atom stereocenters. The van der Waals surface area contributed by atoms with Gasteiger partial charge in [-0.2, -0.15) is 0 Å². The maximum absolute atomic E-state index is 12.0. The molecule has 1 aliphatic carbocycles. The zero-order chi connectivity index (χ0) is 12.1. The number of methoxy groups -OCH3 is 1. The first-order valence-corrected chi connectivity index (χ1v) is 5.82. The van der Waals surface area contributed by atoms with E-state index < -0.39 is 0 Å². The molecule has 0 spiro atoms. The molecule has 0 radical (unpaired) electrons. The predicted octanol–water partition coefficient (Wildman–Crippen LogP) is 3.08. The summed E-state index contributed by atoms with van der Waals surface area (Å²) in [5, 5.41) is 0. The molecule has 0 heterocycles. The minimum Gasteiger partial charge on any atom is -0.497 e. The van der Waals surface area contributed by atoms with Gasteiger partial charge in [-0.15, -0.1) is 0 Å². The molecule has 0 aromatic heterocycles. The maximum Gasteiger partial charge on any atom is 0.166 e. The first kappa shape index (κ1) is 11.6. The Labute approximate surface area is 102 Å². The molecule has 0 atom stereocenters. The predicted molar refractivity (Wildman–Crippen MR) is 68.2 cm³/mol. The van der Waals surface area contributed by atoms with Crippen LogP contribution in [0.1, 0.15) is 18.4 Å². The number of ether oxygens (including phenoxy) is 1. The minimum absolute atomic E-state index is 0.175. The van der Waals surface area contributed by atoms with Gasteiger partial charge in [0.25, 0.3) is 0 Å². The van der Waals surface area contributed by atoms with Gasteiger partial charge in [-0.25, -0.2) is 0 Å². The van der Waals surface area contributed by atoms with Crippen LogP contribution in [0, 0.1) is 0 Å². The second kappa shape index (κ2) is 5.48. The topological polar surface area (TPSA) is 26.3 Å². The van der Waals surface area contributed by atoms with Crippen LogP contribution >= 0.6 is 0 Å². The second-order valence-electron chi connectivity index (χ2n) is 4.09. The van der Waals surface area contributed by atoms with Gasteiger partial charge >= 0.3 is 0 Å². The maximum atomic E-state index is 12.0. The highest BCUT2D eigenvalue weighted by Gasteiger charge is 2.09. The number of carbonyl (C=O) groups is 1. The van der Waals surface area contributed by atoms with Crippen LogP contribution in [0.3, 0.4) is 0 Å².